The van der Waals surface area contributed by atoms with Gasteiger partial charge in [0.15, 0.2) is 6.29 Å². The highest BCUT2D eigenvalue weighted by Crippen LogP contribution is 2.25. The molecule has 1 atom stereocenters. The van der Waals surface area contributed by atoms with E-state index in [1.807, 2.05) is 0 Å². The molecule has 29 heavy (non-hydrogen) atoms. The number of hydrogen-bond acceptors (Lipinski definition) is 6. The van der Waals surface area contributed by atoms with Gasteiger partial charge >= 0.3 is 0 Å². The van der Waals surface area contributed by atoms with Crippen LogP contribution < -0.4 is 5.32 Å². The summed E-state index contributed by atoms with van der Waals surface area (Å²) in [6, 6.07) is 5.65. The number of nitrogens with one attached hydrogen (secondary N) is 1. The van der Waals surface area contributed by atoms with Crippen molar-refractivity contribution in [3.8, 4) is 0 Å². The van der Waals surface area contributed by atoms with E-state index in [1.165, 1.54) is 38.2 Å². The molecule has 3 rings (SSSR count). The highest BCUT2D eigenvalue weighted by molar-refractivity contribution is 7.89. The highest BCUT2D eigenvalue weighted by Gasteiger charge is 2.37. The molecule has 2 aliphatic heterocycles. The quantitative estimate of drug-likeness (QED) is 0.730. The number of ether oxygens (including phenoxy) is 2. The molecule has 9 nitrogen and oxygen atoms in total. The van der Waals surface area contributed by atoms with Gasteiger partial charge in [-0.25, -0.2) is 8.42 Å². The third kappa shape index (κ3) is 5.13. The first-order valence-electron chi connectivity index (χ1n) is 9.66. The summed E-state index contributed by atoms with van der Waals surface area (Å²) in [5.74, 6) is -0.510. The Kier molecular flexibility index (Phi) is 6.89. The summed E-state index contributed by atoms with van der Waals surface area (Å²) in [6.07, 6.45) is 2.18. The first kappa shape index (κ1) is 21.7. The van der Waals surface area contributed by atoms with Gasteiger partial charge in [-0.2, -0.15) is 4.31 Å². The van der Waals surface area contributed by atoms with Crippen LogP contribution in [0.4, 0.5) is 5.69 Å². The minimum absolute atomic E-state index is 0.0551. The zero-order valence-corrected chi connectivity index (χ0v) is 17.5. The maximum absolute atomic E-state index is 12.9. The van der Waals surface area contributed by atoms with Gasteiger partial charge in [0, 0.05) is 26.2 Å². The van der Waals surface area contributed by atoms with Crippen molar-refractivity contribution in [3.63, 3.8) is 0 Å². The minimum atomic E-state index is -3.84. The number of hydrogen-bond donors (Lipinski definition) is 1. The molecule has 2 heterocycles. The number of carbonyl (C=O) groups is 2. The molecule has 1 unspecified atom stereocenters. The van der Waals surface area contributed by atoms with Crippen LogP contribution in [-0.2, 0) is 29.1 Å². The number of piperidine rings is 1. The molecular formula is C19H27N3O6S. The van der Waals surface area contributed by atoms with Gasteiger partial charge < -0.3 is 19.7 Å². The Balaban J connectivity index is 1.67. The van der Waals surface area contributed by atoms with E-state index in [0.717, 1.165) is 23.6 Å². The van der Waals surface area contributed by atoms with Crippen LogP contribution in [0.5, 0.6) is 0 Å². The van der Waals surface area contributed by atoms with Crippen LogP contribution in [-0.4, -0.2) is 75.1 Å². The lowest BCUT2D eigenvalue weighted by molar-refractivity contribution is -0.150. The van der Waals surface area contributed by atoms with E-state index in [9.17, 15) is 18.0 Å². The smallest absolute Gasteiger partial charge is 0.243 e. The number of likely N-dealkylation sites (N-methyl/N-ethyl adjacent to an activating group) is 1. The average Bonchev–Trinajstić information content (AvgIpc) is 3.22. The van der Waals surface area contributed by atoms with E-state index < -0.39 is 16.3 Å². The molecule has 2 aliphatic rings. The Hall–Kier alpha value is -2.01. The standard InChI is InChI=1S/C19H27N3O6S/c1-14(23)20-15-6-8-16(9-7-15)29(25,26)21(2)13-18(24)22-10-4-3-5-17(22)19-27-11-12-28-19/h6-9,17,19H,3-5,10-13H2,1-2H3,(H,20,23). The van der Waals surface area contributed by atoms with E-state index >= 15 is 0 Å². The summed E-state index contributed by atoms with van der Waals surface area (Å²) in [7, 11) is -2.46. The van der Waals surface area contributed by atoms with Gasteiger partial charge in [-0.1, -0.05) is 0 Å². The Morgan fingerprint density at radius 2 is 1.83 bits per heavy atom. The summed E-state index contributed by atoms with van der Waals surface area (Å²) in [6.45, 7) is 2.68. The average molecular weight is 426 g/mol. The van der Waals surface area contributed by atoms with E-state index in [0.29, 0.717) is 25.4 Å². The number of nitrogens with zero attached hydrogens (tertiary/aromatic N) is 2. The van der Waals surface area contributed by atoms with Crippen LogP contribution in [0.25, 0.3) is 0 Å². The zero-order chi connectivity index (χ0) is 21.0. The van der Waals surface area contributed by atoms with E-state index in [2.05, 4.69) is 5.32 Å². The number of sulfonamides is 1. The second-order valence-electron chi connectivity index (χ2n) is 7.23. The first-order chi connectivity index (χ1) is 13.8. The highest BCUT2D eigenvalue weighted by atomic mass is 32.2. The first-order valence-corrected chi connectivity index (χ1v) is 11.1. The number of rotatable bonds is 6. The van der Waals surface area contributed by atoms with Gasteiger partial charge in [-0.15, -0.1) is 0 Å². The molecule has 1 N–H and O–H groups in total. The van der Waals surface area contributed by atoms with Gasteiger partial charge in [0.2, 0.25) is 21.8 Å². The van der Waals surface area contributed by atoms with Crippen molar-refractivity contribution in [2.24, 2.45) is 0 Å². The van der Waals surface area contributed by atoms with Crippen LogP contribution in [0.15, 0.2) is 29.2 Å². The fourth-order valence-electron chi connectivity index (χ4n) is 3.61. The lowest BCUT2D eigenvalue weighted by Gasteiger charge is -2.38. The van der Waals surface area contributed by atoms with Crippen molar-refractivity contribution in [2.75, 3.05) is 38.7 Å². The molecule has 2 amide bonds. The number of carbonyl (C=O) groups excluding carboxylic acids is 2. The molecule has 0 saturated carbocycles. The maximum Gasteiger partial charge on any atom is 0.243 e. The molecule has 2 saturated heterocycles. The zero-order valence-electron chi connectivity index (χ0n) is 16.7. The van der Waals surface area contributed by atoms with Gasteiger partial charge in [0.1, 0.15) is 0 Å². The minimum Gasteiger partial charge on any atom is -0.348 e. The van der Waals surface area contributed by atoms with Crippen molar-refractivity contribution in [2.45, 2.75) is 43.4 Å². The SMILES string of the molecule is CC(=O)Nc1ccc(S(=O)(=O)N(C)CC(=O)N2CCCCC2C2OCCO2)cc1. The van der Waals surface area contributed by atoms with E-state index in [-0.39, 0.29) is 29.3 Å². The van der Waals surface area contributed by atoms with Crippen LogP contribution in [0, 0.1) is 0 Å². The maximum atomic E-state index is 12.9. The Labute approximate surface area is 171 Å². The van der Waals surface area contributed by atoms with Gasteiger partial charge in [0.05, 0.1) is 30.7 Å². The normalized spacial score (nSPS) is 20.8. The molecule has 160 valence electrons. The van der Waals surface area contributed by atoms with Crippen molar-refractivity contribution in [3.05, 3.63) is 24.3 Å². The Morgan fingerprint density at radius 3 is 2.45 bits per heavy atom. The van der Waals surface area contributed by atoms with Crippen LogP contribution in [0.3, 0.4) is 0 Å². The molecule has 0 aromatic heterocycles. The lowest BCUT2D eigenvalue weighted by atomic mass is 10.0. The second-order valence-corrected chi connectivity index (χ2v) is 9.27. The molecule has 10 heteroatoms. The van der Waals surface area contributed by atoms with Crippen molar-refractivity contribution < 1.29 is 27.5 Å². The fourth-order valence-corrected chi connectivity index (χ4v) is 4.73. The third-order valence-electron chi connectivity index (χ3n) is 5.07. The summed E-state index contributed by atoms with van der Waals surface area (Å²) in [5, 5.41) is 2.59. The number of benzene rings is 1. The summed E-state index contributed by atoms with van der Waals surface area (Å²) in [4.78, 5) is 25.7. The fraction of sp³-hybridized carbons (Fsp3) is 0.579. The van der Waals surface area contributed by atoms with Crippen molar-refractivity contribution in [1.29, 1.82) is 0 Å². The Bertz CT molecular complexity index is 836. The predicted octanol–water partition coefficient (Wildman–Crippen LogP) is 1.02. The summed E-state index contributed by atoms with van der Waals surface area (Å²) >= 11 is 0. The monoisotopic (exact) mass is 425 g/mol. The summed E-state index contributed by atoms with van der Waals surface area (Å²) in [5.41, 5.74) is 0.503. The van der Waals surface area contributed by atoms with Crippen LogP contribution in [0.2, 0.25) is 0 Å². The van der Waals surface area contributed by atoms with Gasteiger partial charge in [-0.3, -0.25) is 9.59 Å². The molecule has 0 spiro atoms. The molecule has 2 fully saturated rings. The molecule has 1 aromatic rings. The number of likely N-dealkylation sites (tertiary alicyclic amines) is 1. The molecule has 0 bridgehead atoms. The van der Waals surface area contributed by atoms with E-state index in [4.69, 9.17) is 9.47 Å². The number of amides is 2. The lowest BCUT2D eigenvalue weighted by Crippen LogP contribution is -2.53. The van der Waals surface area contributed by atoms with Gasteiger partial charge in [-0.05, 0) is 43.5 Å². The van der Waals surface area contributed by atoms with Crippen molar-refractivity contribution in [1.82, 2.24) is 9.21 Å². The predicted molar refractivity (Wildman–Crippen MR) is 106 cm³/mol. The molecular weight excluding hydrogens is 398 g/mol. The van der Waals surface area contributed by atoms with Gasteiger partial charge in [0.25, 0.3) is 0 Å². The molecule has 0 aliphatic carbocycles. The number of anilines is 1. The molecule has 1 aromatic carbocycles. The largest absolute Gasteiger partial charge is 0.348 e. The summed E-state index contributed by atoms with van der Waals surface area (Å²) < 4.78 is 37.9. The van der Waals surface area contributed by atoms with Crippen molar-refractivity contribution >= 4 is 27.5 Å². The second kappa shape index (κ2) is 9.21. The molecule has 0 radical (unpaired) electrons. The topological polar surface area (TPSA) is 105 Å². The van der Waals surface area contributed by atoms with Crippen LogP contribution >= 0.6 is 0 Å². The Morgan fingerprint density at radius 1 is 1.17 bits per heavy atom. The third-order valence-corrected chi connectivity index (χ3v) is 6.89. The van der Waals surface area contributed by atoms with Crippen LogP contribution in [0.1, 0.15) is 26.2 Å². The van der Waals surface area contributed by atoms with E-state index in [1.54, 1.807) is 4.90 Å².